The number of hydrogen-bond donors (Lipinski definition) is 2. The Balaban J connectivity index is 2.70. The Morgan fingerprint density at radius 2 is 2.06 bits per heavy atom. The van der Waals surface area contributed by atoms with Crippen molar-refractivity contribution in [3.05, 3.63) is 24.3 Å². The minimum atomic E-state index is -0.378. The number of anilines is 1. The molecule has 0 fully saturated rings. The van der Waals surface area contributed by atoms with E-state index in [-0.39, 0.29) is 17.6 Å². The Kier molecular flexibility index (Phi) is 6.07. The van der Waals surface area contributed by atoms with Gasteiger partial charge in [0.25, 0.3) is 0 Å². The number of hydrogen-bond acceptors (Lipinski definition) is 3. The molecule has 17 heavy (non-hydrogen) atoms. The lowest BCUT2D eigenvalue weighted by Gasteiger charge is -2.09. The summed E-state index contributed by atoms with van der Waals surface area (Å²) in [6, 6.07) is 7.33. The number of carbonyl (C=O) groups is 2. The van der Waals surface area contributed by atoms with Gasteiger partial charge >= 0.3 is 0 Å². The van der Waals surface area contributed by atoms with Crippen LogP contribution in [0.1, 0.15) is 6.42 Å². The summed E-state index contributed by atoms with van der Waals surface area (Å²) < 4.78 is 0. The summed E-state index contributed by atoms with van der Waals surface area (Å²) in [5.74, 6) is -0.240. The van der Waals surface area contributed by atoms with Crippen LogP contribution in [0.15, 0.2) is 29.2 Å². The molecule has 1 rings (SSSR count). The third-order valence-electron chi connectivity index (χ3n) is 1.85. The maximum atomic E-state index is 11.5. The van der Waals surface area contributed by atoms with Gasteiger partial charge in [-0.1, -0.05) is 28.1 Å². The molecule has 0 bridgehead atoms. The summed E-state index contributed by atoms with van der Waals surface area (Å²) in [5, 5.41) is 3.41. The van der Waals surface area contributed by atoms with Gasteiger partial charge in [0.2, 0.25) is 11.8 Å². The van der Waals surface area contributed by atoms with Gasteiger partial charge in [-0.25, -0.2) is 0 Å². The standard InChI is InChI=1S/C11H13BrN2O2S/c12-6-5-11(16)14-8-3-1-2-4-9(8)17-7-10(13)15/h1-4H,5-7H2,(H2,13,15)(H,14,16). The van der Waals surface area contributed by atoms with Gasteiger partial charge in [0, 0.05) is 16.6 Å². The molecule has 2 amide bonds. The molecule has 92 valence electrons. The predicted octanol–water partition coefficient (Wildman–Crippen LogP) is 1.99. The monoisotopic (exact) mass is 316 g/mol. The molecule has 3 N–H and O–H groups in total. The van der Waals surface area contributed by atoms with Crippen LogP contribution in [0.2, 0.25) is 0 Å². The summed E-state index contributed by atoms with van der Waals surface area (Å²) in [6.07, 6.45) is 0.412. The third-order valence-corrected chi connectivity index (χ3v) is 3.34. The first-order valence-electron chi connectivity index (χ1n) is 4.99. The van der Waals surface area contributed by atoms with E-state index in [1.807, 2.05) is 18.2 Å². The molecule has 0 saturated heterocycles. The highest BCUT2D eigenvalue weighted by molar-refractivity contribution is 9.09. The summed E-state index contributed by atoms with van der Waals surface area (Å²) >= 11 is 4.52. The van der Waals surface area contributed by atoms with Crippen LogP contribution in [-0.4, -0.2) is 22.9 Å². The molecule has 1 aromatic carbocycles. The second-order valence-electron chi connectivity index (χ2n) is 3.24. The number of para-hydroxylation sites is 1. The van der Waals surface area contributed by atoms with Gasteiger partial charge in [-0.05, 0) is 12.1 Å². The highest BCUT2D eigenvalue weighted by Gasteiger charge is 2.07. The van der Waals surface area contributed by atoms with E-state index in [0.29, 0.717) is 17.4 Å². The molecular formula is C11H13BrN2O2S. The van der Waals surface area contributed by atoms with E-state index in [1.54, 1.807) is 6.07 Å². The van der Waals surface area contributed by atoms with Crippen LogP contribution in [0.4, 0.5) is 5.69 Å². The normalized spacial score (nSPS) is 9.94. The molecule has 0 heterocycles. The minimum absolute atomic E-state index is 0.0611. The lowest BCUT2D eigenvalue weighted by molar-refractivity contribution is -0.116. The third kappa shape index (κ3) is 5.23. The Morgan fingerprint density at radius 3 is 2.71 bits per heavy atom. The Bertz CT molecular complexity index is 412. The molecule has 0 unspecified atom stereocenters. The highest BCUT2D eigenvalue weighted by atomic mass is 79.9. The number of alkyl halides is 1. The van der Waals surface area contributed by atoms with Crippen LogP contribution in [0, 0.1) is 0 Å². The molecule has 6 heteroatoms. The van der Waals surface area contributed by atoms with E-state index >= 15 is 0 Å². The second kappa shape index (κ2) is 7.34. The van der Waals surface area contributed by atoms with Gasteiger partial charge in [-0.2, -0.15) is 0 Å². The maximum Gasteiger partial charge on any atom is 0.227 e. The number of nitrogens with two attached hydrogens (primary N) is 1. The van der Waals surface area contributed by atoms with Gasteiger partial charge in [0.05, 0.1) is 11.4 Å². The van der Waals surface area contributed by atoms with Crippen molar-refractivity contribution in [1.82, 2.24) is 0 Å². The average molecular weight is 317 g/mol. The summed E-state index contributed by atoms with van der Waals surface area (Å²) in [5.41, 5.74) is 5.80. The van der Waals surface area contributed by atoms with Crippen molar-refractivity contribution >= 4 is 45.2 Å². The van der Waals surface area contributed by atoms with Gasteiger partial charge in [-0.15, -0.1) is 11.8 Å². The minimum Gasteiger partial charge on any atom is -0.369 e. The van der Waals surface area contributed by atoms with Crippen molar-refractivity contribution in [2.75, 3.05) is 16.4 Å². The van der Waals surface area contributed by atoms with Crippen LogP contribution < -0.4 is 11.1 Å². The van der Waals surface area contributed by atoms with Crippen LogP contribution in [0.25, 0.3) is 0 Å². The maximum absolute atomic E-state index is 11.5. The van der Waals surface area contributed by atoms with E-state index in [4.69, 9.17) is 5.73 Å². The largest absolute Gasteiger partial charge is 0.369 e. The zero-order valence-electron chi connectivity index (χ0n) is 9.11. The molecule has 0 saturated carbocycles. The summed E-state index contributed by atoms with van der Waals surface area (Å²) in [7, 11) is 0. The highest BCUT2D eigenvalue weighted by Crippen LogP contribution is 2.26. The van der Waals surface area contributed by atoms with Gasteiger partial charge in [0.1, 0.15) is 0 Å². The van der Waals surface area contributed by atoms with Crippen LogP contribution >= 0.6 is 27.7 Å². The fourth-order valence-corrected chi connectivity index (χ4v) is 2.25. The van der Waals surface area contributed by atoms with Crippen molar-refractivity contribution in [1.29, 1.82) is 0 Å². The quantitative estimate of drug-likeness (QED) is 0.622. The molecule has 1 aromatic rings. The predicted molar refractivity (Wildman–Crippen MR) is 73.4 cm³/mol. The Hall–Kier alpha value is -1.01. The molecule has 0 aliphatic carbocycles. The van der Waals surface area contributed by atoms with E-state index in [2.05, 4.69) is 21.2 Å². The van der Waals surface area contributed by atoms with Crippen LogP contribution in [0.3, 0.4) is 0 Å². The Morgan fingerprint density at radius 1 is 1.35 bits per heavy atom. The van der Waals surface area contributed by atoms with Crippen LogP contribution in [0.5, 0.6) is 0 Å². The molecule has 0 aliphatic heterocycles. The van der Waals surface area contributed by atoms with Crippen LogP contribution in [-0.2, 0) is 9.59 Å². The molecule has 0 radical (unpaired) electrons. The zero-order valence-corrected chi connectivity index (χ0v) is 11.5. The first-order chi connectivity index (χ1) is 8.13. The summed E-state index contributed by atoms with van der Waals surface area (Å²) in [6.45, 7) is 0. The number of nitrogens with one attached hydrogen (secondary N) is 1. The van der Waals surface area contributed by atoms with Crippen molar-refractivity contribution < 1.29 is 9.59 Å². The first-order valence-corrected chi connectivity index (χ1v) is 7.10. The first kappa shape index (κ1) is 14.1. The topological polar surface area (TPSA) is 72.2 Å². The molecule has 4 nitrogen and oxygen atoms in total. The summed E-state index contributed by atoms with van der Waals surface area (Å²) in [4.78, 5) is 23.0. The molecular weight excluding hydrogens is 304 g/mol. The Labute approximate surface area is 112 Å². The number of rotatable bonds is 6. The molecule has 0 aromatic heterocycles. The lowest BCUT2D eigenvalue weighted by Crippen LogP contribution is -2.14. The lowest BCUT2D eigenvalue weighted by atomic mass is 10.3. The number of amides is 2. The van der Waals surface area contributed by atoms with Crippen molar-refractivity contribution in [3.8, 4) is 0 Å². The van der Waals surface area contributed by atoms with Crippen molar-refractivity contribution in [3.63, 3.8) is 0 Å². The van der Waals surface area contributed by atoms with Crippen molar-refractivity contribution in [2.24, 2.45) is 5.73 Å². The average Bonchev–Trinajstić information content (AvgIpc) is 2.28. The van der Waals surface area contributed by atoms with Gasteiger partial charge in [0.15, 0.2) is 0 Å². The van der Waals surface area contributed by atoms with Crippen molar-refractivity contribution in [2.45, 2.75) is 11.3 Å². The second-order valence-corrected chi connectivity index (χ2v) is 5.05. The van der Waals surface area contributed by atoms with Gasteiger partial charge in [-0.3, -0.25) is 9.59 Å². The number of carbonyl (C=O) groups excluding carboxylic acids is 2. The number of benzene rings is 1. The van der Waals surface area contributed by atoms with E-state index in [1.165, 1.54) is 11.8 Å². The smallest absolute Gasteiger partial charge is 0.227 e. The number of thioether (sulfide) groups is 1. The zero-order chi connectivity index (χ0) is 12.7. The SMILES string of the molecule is NC(=O)CSc1ccccc1NC(=O)CCBr. The van der Waals surface area contributed by atoms with E-state index in [0.717, 1.165) is 4.90 Å². The van der Waals surface area contributed by atoms with Gasteiger partial charge < -0.3 is 11.1 Å². The molecule has 0 atom stereocenters. The molecule has 0 aliphatic rings. The fourth-order valence-electron chi connectivity index (χ4n) is 1.14. The molecule has 0 spiro atoms. The number of halogens is 1. The fraction of sp³-hybridized carbons (Fsp3) is 0.273. The number of primary amides is 1. The van der Waals surface area contributed by atoms with E-state index in [9.17, 15) is 9.59 Å². The van der Waals surface area contributed by atoms with E-state index < -0.39 is 0 Å².